The van der Waals surface area contributed by atoms with Crippen molar-refractivity contribution in [2.24, 2.45) is 0 Å². The molecule has 2 aromatic heterocycles. The molecule has 1 aliphatic rings. The smallest absolute Gasteiger partial charge is 0.344 e. The van der Waals surface area contributed by atoms with Crippen molar-refractivity contribution >= 4 is 5.91 Å². The molecule has 10 heteroatoms. The largest absolute Gasteiger partial charge is 0.416 e. The van der Waals surface area contributed by atoms with Crippen molar-refractivity contribution in [2.75, 3.05) is 13.1 Å². The second kappa shape index (κ2) is 7.12. The summed E-state index contributed by atoms with van der Waals surface area (Å²) in [6.07, 6.45) is 0.669. The van der Waals surface area contributed by atoms with Crippen LogP contribution in [0.25, 0.3) is 5.69 Å². The lowest BCUT2D eigenvalue weighted by Gasteiger charge is -2.19. The van der Waals surface area contributed by atoms with E-state index in [0.717, 1.165) is 12.1 Å². The molecular weight excluding hydrogens is 373 g/mol. The molecule has 1 aromatic carbocycles. The highest BCUT2D eigenvalue weighted by molar-refractivity contribution is 5.92. The van der Waals surface area contributed by atoms with Crippen LogP contribution in [-0.4, -0.2) is 44.6 Å². The van der Waals surface area contributed by atoms with Crippen molar-refractivity contribution in [1.82, 2.24) is 30.2 Å². The summed E-state index contributed by atoms with van der Waals surface area (Å²) in [5, 5.41) is 14.6. The van der Waals surface area contributed by atoms with E-state index in [1.54, 1.807) is 10.9 Å². The molecule has 0 unspecified atom stereocenters. The number of carbonyl (C=O) groups is 1. The van der Waals surface area contributed by atoms with Crippen molar-refractivity contribution < 1.29 is 18.0 Å². The first-order chi connectivity index (χ1) is 13.4. The number of alkyl halides is 3. The Morgan fingerprint density at radius 2 is 1.93 bits per heavy atom. The summed E-state index contributed by atoms with van der Waals surface area (Å²) in [4.78, 5) is 12.6. The normalized spacial score (nSPS) is 19.7. The lowest BCUT2D eigenvalue weighted by Crippen LogP contribution is -2.41. The second-order valence-electron chi connectivity index (χ2n) is 6.48. The first kappa shape index (κ1) is 18.2. The molecule has 7 nitrogen and oxygen atoms in total. The molecule has 2 N–H and O–H groups in total. The fraction of sp³-hybridized carbons (Fsp3) is 0.278. The monoisotopic (exact) mass is 390 g/mol. The van der Waals surface area contributed by atoms with Crippen LogP contribution in [0.2, 0.25) is 0 Å². The van der Waals surface area contributed by atoms with Crippen molar-refractivity contribution in [3.05, 3.63) is 66.2 Å². The van der Waals surface area contributed by atoms with Crippen LogP contribution in [0.4, 0.5) is 13.2 Å². The molecule has 28 heavy (non-hydrogen) atoms. The van der Waals surface area contributed by atoms with Gasteiger partial charge in [0.1, 0.15) is 0 Å². The molecule has 0 aliphatic carbocycles. The Bertz CT molecular complexity index is 949. The zero-order valence-electron chi connectivity index (χ0n) is 14.6. The number of aromatic nitrogens is 4. The van der Waals surface area contributed by atoms with Gasteiger partial charge in [0.25, 0.3) is 5.91 Å². The lowest BCUT2D eigenvalue weighted by atomic mass is 10.1. The molecule has 0 saturated carbocycles. The Morgan fingerprint density at radius 1 is 1.14 bits per heavy atom. The van der Waals surface area contributed by atoms with E-state index in [4.69, 9.17) is 0 Å². The second-order valence-corrected chi connectivity index (χ2v) is 6.48. The Hall–Kier alpha value is -3.14. The van der Waals surface area contributed by atoms with Gasteiger partial charge < -0.3 is 10.6 Å². The van der Waals surface area contributed by atoms with Gasteiger partial charge in [-0.1, -0.05) is 0 Å². The van der Waals surface area contributed by atoms with Crippen LogP contribution in [0.5, 0.6) is 0 Å². The Kier molecular flexibility index (Phi) is 4.63. The lowest BCUT2D eigenvalue weighted by molar-refractivity contribution is -0.137. The highest BCUT2D eigenvalue weighted by Gasteiger charge is 2.31. The summed E-state index contributed by atoms with van der Waals surface area (Å²) < 4.78 is 41.2. The van der Waals surface area contributed by atoms with Crippen molar-refractivity contribution in [2.45, 2.75) is 18.3 Å². The number of halogens is 3. The third-order valence-corrected chi connectivity index (χ3v) is 4.64. The van der Waals surface area contributed by atoms with Crippen molar-refractivity contribution in [1.29, 1.82) is 0 Å². The molecule has 1 saturated heterocycles. The van der Waals surface area contributed by atoms with Crippen LogP contribution in [0.1, 0.15) is 22.1 Å². The fourth-order valence-corrected chi connectivity index (χ4v) is 3.20. The van der Waals surface area contributed by atoms with E-state index in [1.807, 2.05) is 12.3 Å². The summed E-state index contributed by atoms with van der Waals surface area (Å²) in [6.45, 7) is 1.29. The number of hydrogen-bond acceptors (Lipinski definition) is 4. The van der Waals surface area contributed by atoms with Crippen LogP contribution in [-0.2, 0) is 6.18 Å². The summed E-state index contributed by atoms with van der Waals surface area (Å²) in [5.41, 5.74) is -0.116. The van der Waals surface area contributed by atoms with Gasteiger partial charge in [0.05, 0.1) is 23.3 Å². The Labute approximate surface area is 158 Å². The van der Waals surface area contributed by atoms with Crippen LogP contribution in [0.15, 0.2) is 55.0 Å². The quantitative estimate of drug-likeness (QED) is 0.715. The molecule has 146 valence electrons. The van der Waals surface area contributed by atoms with Crippen molar-refractivity contribution in [3.63, 3.8) is 0 Å². The maximum atomic E-state index is 12.7. The standard InChI is InChI=1S/C18H17F3N6O/c19-18(20,21)12-2-4-13(5-3-12)26-9-6-14(25-26)17(28)24-15-10-22-11-16(15)27-8-1-7-23-27/h1-9,15-16,22H,10-11H2,(H,24,28)/t15-,16+/m1/s1. The van der Waals surface area contributed by atoms with E-state index in [0.29, 0.717) is 18.8 Å². The maximum absolute atomic E-state index is 12.7. The molecule has 3 heterocycles. The van der Waals surface area contributed by atoms with Crippen molar-refractivity contribution in [3.8, 4) is 5.69 Å². The van der Waals surface area contributed by atoms with Gasteiger partial charge in [-0.2, -0.15) is 23.4 Å². The first-order valence-corrected chi connectivity index (χ1v) is 8.66. The average molecular weight is 390 g/mol. The van der Waals surface area contributed by atoms with Gasteiger partial charge in [-0.05, 0) is 36.4 Å². The highest BCUT2D eigenvalue weighted by Crippen LogP contribution is 2.29. The van der Waals surface area contributed by atoms with Gasteiger partial charge in [-0.3, -0.25) is 9.48 Å². The minimum Gasteiger partial charge on any atom is -0.344 e. The molecular formula is C18H17F3N6O. The molecule has 2 atom stereocenters. The van der Waals surface area contributed by atoms with Gasteiger partial charge in [-0.15, -0.1) is 0 Å². The Balaban J connectivity index is 1.46. The van der Waals surface area contributed by atoms with Gasteiger partial charge in [0.15, 0.2) is 5.69 Å². The van der Waals surface area contributed by atoms with E-state index < -0.39 is 11.7 Å². The molecule has 0 bridgehead atoms. The Morgan fingerprint density at radius 3 is 2.61 bits per heavy atom. The maximum Gasteiger partial charge on any atom is 0.416 e. The first-order valence-electron chi connectivity index (χ1n) is 8.66. The van der Waals surface area contributed by atoms with E-state index in [-0.39, 0.29) is 23.7 Å². The number of hydrogen-bond donors (Lipinski definition) is 2. The van der Waals surface area contributed by atoms with Crippen LogP contribution >= 0.6 is 0 Å². The van der Waals surface area contributed by atoms with Crippen LogP contribution in [0.3, 0.4) is 0 Å². The average Bonchev–Trinajstić information content (AvgIpc) is 3.42. The zero-order valence-corrected chi connectivity index (χ0v) is 14.6. The molecule has 0 spiro atoms. The SMILES string of the molecule is O=C(N[C@@H]1CNC[C@@H]1n1cccn1)c1ccn(-c2ccc(C(F)(F)F)cc2)n1. The third kappa shape index (κ3) is 3.63. The molecule has 4 rings (SSSR count). The van der Waals surface area contributed by atoms with E-state index >= 15 is 0 Å². The van der Waals surface area contributed by atoms with Crippen LogP contribution in [0, 0.1) is 0 Å². The van der Waals surface area contributed by atoms with Gasteiger partial charge in [0, 0.05) is 31.7 Å². The predicted molar refractivity (Wildman–Crippen MR) is 94.0 cm³/mol. The van der Waals surface area contributed by atoms with E-state index in [9.17, 15) is 18.0 Å². The van der Waals surface area contributed by atoms with E-state index in [1.165, 1.54) is 29.1 Å². The summed E-state index contributed by atoms with van der Waals surface area (Å²) >= 11 is 0. The molecule has 3 aromatic rings. The highest BCUT2D eigenvalue weighted by atomic mass is 19.4. The van der Waals surface area contributed by atoms with Crippen LogP contribution < -0.4 is 10.6 Å². The summed E-state index contributed by atoms with van der Waals surface area (Å²) in [6, 6.07) is 7.78. The van der Waals surface area contributed by atoms with Gasteiger partial charge in [0.2, 0.25) is 0 Å². The number of carbonyl (C=O) groups excluding carboxylic acids is 1. The van der Waals surface area contributed by atoms with Gasteiger partial charge >= 0.3 is 6.18 Å². The minimum absolute atomic E-state index is 0.00375. The van der Waals surface area contributed by atoms with Gasteiger partial charge in [-0.25, -0.2) is 4.68 Å². The number of amides is 1. The predicted octanol–water partition coefficient (Wildman–Crippen LogP) is 2.03. The zero-order chi connectivity index (χ0) is 19.7. The molecule has 0 radical (unpaired) electrons. The molecule has 1 fully saturated rings. The summed E-state index contributed by atoms with van der Waals surface area (Å²) in [5.74, 6) is -0.350. The number of rotatable bonds is 4. The molecule has 1 aliphatic heterocycles. The number of nitrogens with zero attached hydrogens (tertiary/aromatic N) is 4. The third-order valence-electron chi connectivity index (χ3n) is 4.64. The van der Waals surface area contributed by atoms with E-state index in [2.05, 4.69) is 20.8 Å². The topological polar surface area (TPSA) is 76.8 Å². The fourth-order valence-electron chi connectivity index (χ4n) is 3.20. The summed E-state index contributed by atoms with van der Waals surface area (Å²) in [7, 11) is 0. The number of nitrogens with one attached hydrogen (secondary N) is 2. The molecule has 1 amide bonds. The minimum atomic E-state index is -4.39. The number of benzene rings is 1.